The SMILES string of the molecule is Brc1ccc2c3c4c(cc2c1)N(c1ccccc1)c1cc2ccccc2c2c1N4c1c(cc4cc(Br)ccc4c1N3c1ccccc1)N2c1ccccc1. The maximum absolute atomic E-state index is 3.84. The second-order valence-electron chi connectivity index (χ2n) is 14.1. The molecule has 9 aromatic rings. The lowest BCUT2D eigenvalue weighted by atomic mass is 9.88. The van der Waals surface area contributed by atoms with E-state index in [1.165, 1.54) is 55.1 Å². The van der Waals surface area contributed by atoms with Crippen molar-refractivity contribution in [3.63, 3.8) is 0 Å². The van der Waals surface area contributed by atoms with Crippen molar-refractivity contribution in [3.05, 3.63) is 179 Å². The van der Waals surface area contributed by atoms with Crippen LogP contribution in [0.2, 0.25) is 0 Å². The molecule has 6 heteroatoms. The van der Waals surface area contributed by atoms with E-state index in [1.54, 1.807) is 0 Å². The fourth-order valence-corrected chi connectivity index (χ4v) is 9.81. The molecule has 0 unspecified atom stereocenters. The van der Waals surface area contributed by atoms with Crippen molar-refractivity contribution < 1.29 is 0 Å². The predicted octanol–water partition coefficient (Wildman–Crippen LogP) is 15.5. The normalized spacial score (nSPS) is 13.6. The van der Waals surface area contributed by atoms with Crippen molar-refractivity contribution in [2.75, 3.05) is 19.6 Å². The van der Waals surface area contributed by atoms with Gasteiger partial charge in [0.05, 0.1) is 51.2 Å². The number of anilines is 12. The van der Waals surface area contributed by atoms with Crippen LogP contribution in [-0.4, -0.2) is 0 Å². The number of halogens is 2. The van der Waals surface area contributed by atoms with E-state index < -0.39 is 0 Å². The second-order valence-corrected chi connectivity index (χ2v) is 15.9. The Balaban J connectivity index is 1.36. The first kappa shape index (κ1) is 30.4. The third-order valence-corrected chi connectivity index (χ3v) is 12.1. The first-order valence-electron chi connectivity index (χ1n) is 18.1. The van der Waals surface area contributed by atoms with Gasteiger partial charge in [-0.05, 0) is 95.0 Å². The van der Waals surface area contributed by atoms with Crippen LogP contribution in [0.3, 0.4) is 0 Å². The van der Waals surface area contributed by atoms with E-state index in [0.29, 0.717) is 0 Å². The summed E-state index contributed by atoms with van der Waals surface area (Å²) in [4.78, 5) is 10.1. The first-order valence-corrected chi connectivity index (χ1v) is 19.7. The number of para-hydroxylation sites is 3. The van der Waals surface area contributed by atoms with Gasteiger partial charge in [0.25, 0.3) is 0 Å². The Kier molecular flexibility index (Phi) is 6.31. The predicted molar refractivity (Wildman–Crippen MR) is 234 cm³/mol. The minimum absolute atomic E-state index is 1.05. The van der Waals surface area contributed by atoms with Crippen LogP contribution in [0.4, 0.5) is 68.2 Å². The zero-order valence-electron chi connectivity index (χ0n) is 28.7. The van der Waals surface area contributed by atoms with Crippen molar-refractivity contribution in [2.45, 2.75) is 0 Å². The van der Waals surface area contributed by atoms with E-state index in [2.05, 4.69) is 221 Å². The Bertz CT molecular complexity index is 3010. The minimum atomic E-state index is 1.05. The lowest BCUT2D eigenvalue weighted by molar-refractivity contribution is 1.10. The summed E-state index contributed by atoms with van der Waals surface area (Å²) in [5, 5.41) is 7.10. The van der Waals surface area contributed by atoms with Crippen molar-refractivity contribution >= 4 is 132 Å². The summed E-state index contributed by atoms with van der Waals surface area (Å²) < 4.78 is 2.10. The van der Waals surface area contributed by atoms with E-state index in [0.717, 1.165) is 54.4 Å². The van der Waals surface area contributed by atoms with Gasteiger partial charge in [-0.2, -0.15) is 0 Å². The van der Waals surface area contributed by atoms with E-state index in [4.69, 9.17) is 0 Å². The lowest BCUT2D eigenvalue weighted by Gasteiger charge is -2.52. The van der Waals surface area contributed by atoms with Gasteiger partial charge >= 0.3 is 0 Å². The van der Waals surface area contributed by atoms with Crippen molar-refractivity contribution in [1.82, 2.24) is 0 Å². The zero-order valence-corrected chi connectivity index (χ0v) is 31.9. The average molecular weight is 821 g/mol. The Labute approximate surface area is 329 Å². The summed E-state index contributed by atoms with van der Waals surface area (Å²) in [5.41, 5.74) is 13.8. The highest BCUT2D eigenvalue weighted by Crippen LogP contribution is 2.72. The molecule has 254 valence electrons. The van der Waals surface area contributed by atoms with Crippen LogP contribution >= 0.6 is 31.9 Å². The van der Waals surface area contributed by atoms with Crippen LogP contribution < -0.4 is 19.6 Å². The monoisotopic (exact) mass is 818 g/mol. The van der Waals surface area contributed by atoms with Crippen LogP contribution in [0.1, 0.15) is 0 Å². The van der Waals surface area contributed by atoms with Crippen LogP contribution in [0.5, 0.6) is 0 Å². The van der Waals surface area contributed by atoms with Gasteiger partial charge in [0.1, 0.15) is 0 Å². The minimum Gasteiger partial charge on any atom is -0.306 e. The summed E-state index contributed by atoms with van der Waals surface area (Å²) in [7, 11) is 0. The van der Waals surface area contributed by atoms with Gasteiger partial charge in [0.2, 0.25) is 0 Å². The Hall–Kier alpha value is -6.08. The molecule has 12 rings (SSSR count). The smallest absolute Gasteiger partial charge is 0.0955 e. The highest BCUT2D eigenvalue weighted by atomic mass is 79.9. The van der Waals surface area contributed by atoms with E-state index in [-0.39, 0.29) is 0 Å². The van der Waals surface area contributed by atoms with E-state index in [9.17, 15) is 0 Å². The molecular formula is C48H28Br2N4. The molecule has 0 saturated carbocycles. The summed E-state index contributed by atoms with van der Waals surface area (Å²) >= 11 is 7.68. The number of fused-ring (bicyclic) bond motifs is 6. The molecule has 0 fully saturated rings. The van der Waals surface area contributed by atoms with Crippen molar-refractivity contribution in [1.29, 1.82) is 0 Å². The largest absolute Gasteiger partial charge is 0.306 e. The van der Waals surface area contributed by atoms with Gasteiger partial charge in [0.15, 0.2) is 0 Å². The topological polar surface area (TPSA) is 13.0 Å². The highest BCUT2D eigenvalue weighted by Gasteiger charge is 2.47. The highest BCUT2D eigenvalue weighted by molar-refractivity contribution is 9.10. The molecule has 0 bridgehead atoms. The van der Waals surface area contributed by atoms with Crippen molar-refractivity contribution in [2.24, 2.45) is 0 Å². The quantitative estimate of drug-likeness (QED) is 0.176. The Morgan fingerprint density at radius 2 is 0.667 bits per heavy atom. The van der Waals surface area contributed by atoms with Gasteiger partial charge < -0.3 is 14.7 Å². The number of hydrogen-bond acceptors (Lipinski definition) is 4. The molecule has 4 nitrogen and oxygen atoms in total. The molecule has 0 atom stereocenters. The van der Waals surface area contributed by atoms with Crippen LogP contribution in [0.25, 0.3) is 32.3 Å². The fourth-order valence-electron chi connectivity index (χ4n) is 9.05. The number of nitrogens with zero attached hydrogens (tertiary/aromatic N) is 4. The molecule has 3 aliphatic rings. The molecule has 3 heterocycles. The van der Waals surface area contributed by atoms with Gasteiger partial charge in [-0.15, -0.1) is 0 Å². The van der Waals surface area contributed by atoms with Crippen LogP contribution in [-0.2, 0) is 0 Å². The molecule has 0 N–H and O–H groups in total. The van der Waals surface area contributed by atoms with Gasteiger partial charge in [0, 0.05) is 42.2 Å². The third kappa shape index (κ3) is 4.07. The van der Waals surface area contributed by atoms with E-state index >= 15 is 0 Å². The van der Waals surface area contributed by atoms with Gasteiger partial charge in [-0.25, -0.2) is 0 Å². The fraction of sp³-hybridized carbons (Fsp3) is 0. The van der Waals surface area contributed by atoms with Gasteiger partial charge in [-0.1, -0.05) is 123 Å². The molecule has 0 aromatic heterocycles. The third-order valence-electron chi connectivity index (χ3n) is 11.1. The zero-order chi connectivity index (χ0) is 35.7. The second kappa shape index (κ2) is 11.2. The number of hydrogen-bond donors (Lipinski definition) is 0. The molecule has 9 aromatic carbocycles. The molecule has 0 radical (unpaired) electrons. The molecule has 0 aliphatic carbocycles. The summed E-state index contributed by atoms with van der Waals surface area (Å²) in [5.74, 6) is 0. The summed E-state index contributed by atoms with van der Waals surface area (Å²) in [6.07, 6.45) is 0. The standard InChI is InChI=1S/C48H28Br2N4/c49-32-20-22-38-30(24-32)27-41-47-44(38)53(36-17-8-3-9-18-36)45-39-23-21-33(50)25-31(39)28-42-48(45)54(47)46-40(51(41)34-13-4-1-5-14-34)26-29-12-10-11-19-37(29)43(46)52(42)35-15-6-2-7-16-35/h1-28H. The summed E-state index contributed by atoms with van der Waals surface area (Å²) in [6.45, 7) is 0. The maximum Gasteiger partial charge on any atom is 0.0955 e. The Morgan fingerprint density at radius 3 is 1.20 bits per heavy atom. The molecule has 0 amide bonds. The first-order chi connectivity index (χ1) is 26.6. The lowest BCUT2D eigenvalue weighted by Crippen LogP contribution is -2.35. The molecule has 3 aliphatic heterocycles. The molecular weight excluding hydrogens is 792 g/mol. The Morgan fingerprint density at radius 1 is 0.278 bits per heavy atom. The molecule has 0 saturated heterocycles. The number of benzene rings is 9. The summed E-state index contributed by atoms with van der Waals surface area (Å²) in [6, 6.07) is 62.1. The van der Waals surface area contributed by atoms with Crippen molar-refractivity contribution in [3.8, 4) is 0 Å². The maximum atomic E-state index is 3.84. The molecule has 54 heavy (non-hydrogen) atoms. The van der Waals surface area contributed by atoms with E-state index in [1.807, 2.05) is 0 Å². The van der Waals surface area contributed by atoms with Gasteiger partial charge in [-0.3, -0.25) is 4.90 Å². The molecule has 0 spiro atoms. The average Bonchev–Trinajstić information content (AvgIpc) is 3.21. The van der Waals surface area contributed by atoms with Crippen LogP contribution in [0.15, 0.2) is 179 Å². The van der Waals surface area contributed by atoms with Crippen LogP contribution in [0, 0.1) is 0 Å². The number of rotatable bonds is 3.